The van der Waals surface area contributed by atoms with Crippen molar-refractivity contribution in [2.75, 3.05) is 17.8 Å². The van der Waals surface area contributed by atoms with Gasteiger partial charge < -0.3 is 14.7 Å². The number of carbonyl (C=O) groups excluding carboxylic acids is 1. The Morgan fingerprint density at radius 2 is 1.97 bits per heavy atom. The van der Waals surface area contributed by atoms with Gasteiger partial charge in [-0.3, -0.25) is 9.48 Å². The van der Waals surface area contributed by atoms with Gasteiger partial charge in [-0.2, -0.15) is 10.1 Å². The molecule has 0 aliphatic carbocycles. The van der Waals surface area contributed by atoms with E-state index in [0.717, 1.165) is 16.7 Å². The van der Waals surface area contributed by atoms with Gasteiger partial charge in [-0.05, 0) is 38.3 Å². The van der Waals surface area contributed by atoms with E-state index >= 15 is 0 Å². The lowest BCUT2D eigenvalue weighted by molar-refractivity contribution is -0.135. The molecule has 1 aliphatic heterocycles. The Labute approximate surface area is 222 Å². The number of hydrogen-bond acceptors (Lipinski definition) is 8. The SMILES string of the molecule is CCC(C)(O)CC(=O)N1CCC(Oc2cc(-c3c(C)cccc3C)nc(NS(=O)(=O)c3cnn(C)c3)n2)C1. The fourth-order valence-electron chi connectivity index (χ4n) is 4.38. The zero-order chi connectivity index (χ0) is 27.7. The second-order valence-corrected chi connectivity index (χ2v) is 11.7. The van der Waals surface area contributed by atoms with Crippen LogP contribution in [-0.2, 0) is 21.9 Å². The first-order chi connectivity index (χ1) is 17.9. The normalized spacial score (nSPS) is 17.3. The number of benzene rings is 1. The molecule has 38 heavy (non-hydrogen) atoms. The number of aryl methyl sites for hydroxylation is 3. The first-order valence-corrected chi connectivity index (χ1v) is 14.0. The molecule has 2 aromatic heterocycles. The average molecular weight is 543 g/mol. The Bertz CT molecular complexity index is 1420. The number of nitrogens with one attached hydrogen (secondary N) is 1. The molecule has 3 aromatic rings. The van der Waals surface area contributed by atoms with Crippen molar-refractivity contribution >= 4 is 21.9 Å². The second-order valence-electron chi connectivity index (χ2n) is 10.0. The monoisotopic (exact) mass is 542 g/mol. The fraction of sp³-hybridized carbons (Fsp3) is 0.462. The van der Waals surface area contributed by atoms with Crippen LogP contribution in [0.2, 0.25) is 0 Å². The molecular weight excluding hydrogens is 508 g/mol. The van der Waals surface area contributed by atoms with Gasteiger partial charge >= 0.3 is 0 Å². The third kappa shape index (κ3) is 6.30. The molecule has 0 bridgehead atoms. The number of ether oxygens (including phenoxy) is 1. The first-order valence-electron chi connectivity index (χ1n) is 12.5. The Hall–Kier alpha value is -3.51. The molecule has 11 nitrogen and oxygen atoms in total. The van der Waals surface area contributed by atoms with E-state index in [1.165, 1.54) is 17.1 Å². The number of amides is 1. The van der Waals surface area contributed by atoms with Gasteiger partial charge in [-0.25, -0.2) is 18.1 Å². The van der Waals surface area contributed by atoms with Crippen LogP contribution in [-0.4, -0.2) is 68.9 Å². The highest BCUT2D eigenvalue weighted by molar-refractivity contribution is 7.92. The minimum atomic E-state index is -3.99. The third-order valence-electron chi connectivity index (χ3n) is 6.74. The van der Waals surface area contributed by atoms with Gasteiger partial charge in [-0.1, -0.05) is 25.1 Å². The summed E-state index contributed by atoms with van der Waals surface area (Å²) in [6, 6.07) is 7.54. The van der Waals surface area contributed by atoms with Crippen LogP contribution in [0.3, 0.4) is 0 Å². The molecule has 1 aromatic carbocycles. The highest BCUT2D eigenvalue weighted by atomic mass is 32.2. The van der Waals surface area contributed by atoms with Gasteiger partial charge in [0, 0.05) is 37.8 Å². The number of nitrogens with zero attached hydrogens (tertiary/aromatic N) is 5. The van der Waals surface area contributed by atoms with Crippen molar-refractivity contribution < 1.29 is 23.1 Å². The number of sulfonamides is 1. The summed E-state index contributed by atoms with van der Waals surface area (Å²) in [5, 5.41) is 14.2. The van der Waals surface area contributed by atoms with Crippen molar-refractivity contribution in [1.82, 2.24) is 24.6 Å². The molecule has 0 saturated carbocycles. The lowest BCUT2D eigenvalue weighted by atomic mass is 9.99. The largest absolute Gasteiger partial charge is 0.472 e. The molecule has 1 fully saturated rings. The lowest BCUT2D eigenvalue weighted by Gasteiger charge is -2.24. The molecular formula is C26H34N6O5S. The summed E-state index contributed by atoms with van der Waals surface area (Å²) in [7, 11) is -2.36. The van der Waals surface area contributed by atoms with Gasteiger partial charge in [0.15, 0.2) is 0 Å². The summed E-state index contributed by atoms with van der Waals surface area (Å²) >= 11 is 0. The third-order valence-corrected chi connectivity index (χ3v) is 8.02. The molecule has 2 unspecified atom stereocenters. The van der Waals surface area contributed by atoms with Gasteiger partial charge in [0.1, 0.15) is 11.0 Å². The van der Waals surface area contributed by atoms with Crippen molar-refractivity contribution in [3.8, 4) is 17.1 Å². The smallest absolute Gasteiger partial charge is 0.267 e. The van der Waals surface area contributed by atoms with Gasteiger partial charge in [-0.15, -0.1) is 0 Å². The van der Waals surface area contributed by atoms with E-state index in [0.29, 0.717) is 31.6 Å². The Kier molecular flexibility index (Phi) is 7.75. The maximum absolute atomic E-state index is 13.0. The van der Waals surface area contributed by atoms with Crippen molar-refractivity contribution in [3.63, 3.8) is 0 Å². The lowest BCUT2D eigenvalue weighted by Crippen LogP contribution is -2.37. The minimum Gasteiger partial charge on any atom is -0.472 e. The maximum atomic E-state index is 13.0. The van der Waals surface area contributed by atoms with Crippen molar-refractivity contribution in [1.29, 1.82) is 0 Å². The fourth-order valence-corrected chi connectivity index (χ4v) is 5.31. The second kappa shape index (κ2) is 10.7. The van der Waals surface area contributed by atoms with E-state index in [1.54, 1.807) is 24.9 Å². The zero-order valence-corrected chi connectivity index (χ0v) is 23.1. The minimum absolute atomic E-state index is 0.0172. The van der Waals surface area contributed by atoms with Crippen LogP contribution in [0.5, 0.6) is 5.88 Å². The van der Waals surface area contributed by atoms with Crippen molar-refractivity contribution in [2.24, 2.45) is 7.05 Å². The Morgan fingerprint density at radius 1 is 1.26 bits per heavy atom. The van der Waals surface area contributed by atoms with Gasteiger partial charge in [0.25, 0.3) is 10.0 Å². The molecule has 0 spiro atoms. The highest BCUT2D eigenvalue weighted by Crippen LogP contribution is 2.30. The molecule has 12 heteroatoms. The van der Waals surface area contributed by atoms with Gasteiger partial charge in [0.2, 0.25) is 17.7 Å². The summed E-state index contributed by atoms with van der Waals surface area (Å²) < 4.78 is 35.9. The predicted octanol–water partition coefficient (Wildman–Crippen LogP) is 2.83. The van der Waals surface area contributed by atoms with E-state index in [1.807, 2.05) is 39.0 Å². The number of aliphatic hydroxyl groups is 1. The standard InChI is InChI=1S/C26H34N6O5S/c1-6-26(4,34)13-23(33)32-11-10-19(15-32)37-22-12-21(24-17(2)8-7-9-18(24)3)28-25(29-22)30-38(35,36)20-14-27-31(5)16-20/h7-9,12,14,16,19,34H,6,10-11,13,15H2,1-5H3,(H,28,29,30). The summed E-state index contributed by atoms with van der Waals surface area (Å²) in [6.07, 6.45) is 3.39. The summed E-state index contributed by atoms with van der Waals surface area (Å²) in [6.45, 7) is 8.24. The molecule has 2 N–H and O–H groups in total. The summed E-state index contributed by atoms with van der Waals surface area (Å²) in [4.78, 5) is 23.2. The van der Waals surface area contributed by atoms with Crippen LogP contribution in [0.1, 0.15) is 44.2 Å². The first kappa shape index (κ1) is 27.5. The molecule has 3 heterocycles. The van der Waals surface area contributed by atoms with Crippen LogP contribution in [0.4, 0.5) is 5.95 Å². The molecule has 204 valence electrons. The Balaban J connectivity index is 1.62. The maximum Gasteiger partial charge on any atom is 0.267 e. The molecule has 1 aliphatic rings. The van der Waals surface area contributed by atoms with Crippen LogP contribution < -0.4 is 9.46 Å². The van der Waals surface area contributed by atoms with E-state index in [-0.39, 0.29) is 35.2 Å². The van der Waals surface area contributed by atoms with Gasteiger partial charge in [0.05, 0.1) is 30.5 Å². The topological polar surface area (TPSA) is 140 Å². The molecule has 2 atom stereocenters. The summed E-state index contributed by atoms with van der Waals surface area (Å²) in [5.74, 6) is -0.0675. The highest BCUT2D eigenvalue weighted by Gasteiger charge is 2.32. The number of anilines is 1. The number of hydrogen-bond donors (Lipinski definition) is 2. The van der Waals surface area contributed by atoms with E-state index < -0.39 is 15.6 Å². The van der Waals surface area contributed by atoms with Crippen LogP contribution in [0, 0.1) is 13.8 Å². The molecule has 1 saturated heterocycles. The molecule has 1 amide bonds. The molecule has 4 rings (SSSR count). The van der Waals surface area contributed by atoms with Crippen molar-refractivity contribution in [2.45, 2.75) is 63.6 Å². The number of likely N-dealkylation sites (tertiary alicyclic amines) is 1. The Morgan fingerprint density at radius 3 is 2.61 bits per heavy atom. The molecule has 0 radical (unpaired) electrons. The quantitative estimate of drug-likeness (QED) is 0.421. The number of aromatic nitrogens is 4. The van der Waals surface area contributed by atoms with E-state index in [4.69, 9.17) is 4.74 Å². The van der Waals surface area contributed by atoms with Crippen LogP contribution in [0.15, 0.2) is 41.6 Å². The van der Waals surface area contributed by atoms with E-state index in [2.05, 4.69) is 19.8 Å². The predicted molar refractivity (Wildman–Crippen MR) is 142 cm³/mol. The summed E-state index contributed by atoms with van der Waals surface area (Å²) in [5.41, 5.74) is 2.25. The number of carbonyl (C=O) groups is 1. The van der Waals surface area contributed by atoms with Crippen LogP contribution >= 0.6 is 0 Å². The van der Waals surface area contributed by atoms with Crippen molar-refractivity contribution in [3.05, 3.63) is 47.8 Å². The number of rotatable bonds is 9. The van der Waals surface area contributed by atoms with Crippen LogP contribution in [0.25, 0.3) is 11.3 Å². The van der Waals surface area contributed by atoms with E-state index in [9.17, 15) is 18.3 Å². The average Bonchev–Trinajstić information content (AvgIpc) is 3.48. The zero-order valence-electron chi connectivity index (χ0n) is 22.3.